The molecule has 2 unspecified atom stereocenters. The number of hydrogen-bond acceptors (Lipinski definition) is 15. The number of unbranched alkanes of at least 4 members (excludes halogenated alkanes) is 36. The molecule has 85 heavy (non-hydrogen) atoms. The number of allylic oxidation sites excluding steroid dienone is 4. The topological polar surface area (TPSA) is 237 Å². The van der Waals surface area contributed by atoms with Gasteiger partial charge in [0, 0.05) is 25.7 Å². The molecule has 0 aliphatic heterocycles. The standard InChI is InChI=1S/C66H124O17P2/c1-5-9-13-17-20-22-24-26-28-29-30-32-34-36-38-41-45-49-53-66(71)83-62(57-77-64(69)51-47-43-40-37-35-33-31-27-25-23-21-18-14-10-6-2)59-81-85(74,75)79-55-60(67)54-78-84(72,73)80-58-61(56-76-63(68)50-46-42-16-12-8-4)82-65(70)52-48-44-39-19-15-11-7-3/h23,25,27,31,60-62,67H,5-22,24,26,28-30,32-59H2,1-4H3,(H,72,73)(H,74,75)/b25-23-,31-27-/t60-,61+,62+/m0/s1. The second kappa shape index (κ2) is 60.5. The number of rotatable bonds is 65. The van der Waals surface area contributed by atoms with Gasteiger partial charge >= 0.3 is 39.5 Å². The first-order chi connectivity index (χ1) is 41.2. The summed E-state index contributed by atoms with van der Waals surface area (Å²) in [5.41, 5.74) is 0. The zero-order valence-corrected chi connectivity index (χ0v) is 55.8. The summed E-state index contributed by atoms with van der Waals surface area (Å²) in [5.74, 6) is -2.18. The third-order valence-corrected chi connectivity index (χ3v) is 16.6. The molecule has 3 N–H and O–H groups in total. The van der Waals surface area contributed by atoms with Gasteiger partial charge in [-0.1, -0.05) is 264 Å². The van der Waals surface area contributed by atoms with Crippen molar-refractivity contribution in [3.05, 3.63) is 24.3 Å². The van der Waals surface area contributed by atoms with E-state index in [9.17, 15) is 43.2 Å². The fourth-order valence-corrected chi connectivity index (χ4v) is 11.0. The Bertz CT molecular complexity index is 1730. The van der Waals surface area contributed by atoms with E-state index in [1.54, 1.807) is 0 Å². The summed E-state index contributed by atoms with van der Waals surface area (Å²) in [6.07, 6.45) is 50.0. The Labute approximate surface area is 516 Å². The number of phosphoric ester groups is 2. The predicted molar refractivity (Wildman–Crippen MR) is 340 cm³/mol. The minimum Gasteiger partial charge on any atom is -0.462 e. The molecule has 0 fully saturated rings. The largest absolute Gasteiger partial charge is 0.472 e. The Kier molecular flexibility index (Phi) is 58.7. The molecule has 0 saturated heterocycles. The molecule has 0 aliphatic rings. The summed E-state index contributed by atoms with van der Waals surface area (Å²) >= 11 is 0. The van der Waals surface area contributed by atoms with Crippen LogP contribution in [-0.2, 0) is 65.4 Å². The molecule has 17 nitrogen and oxygen atoms in total. The number of aliphatic hydroxyl groups is 1. The SMILES string of the molecule is CCCCCC/C=C\C=C/CCCCCCCC(=O)OC[C@H](COP(=O)(O)OC[C@@H](O)COP(=O)(O)OC[C@@H](COC(=O)CCCCCCC)OC(=O)CCCCCCCCC)OC(=O)CCCCCCCCCCCCCCCCCCCC. The summed E-state index contributed by atoms with van der Waals surface area (Å²) < 4.78 is 67.7. The van der Waals surface area contributed by atoms with Crippen LogP contribution >= 0.6 is 15.6 Å². The Morgan fingerprint density at radius 1 is 0.329 bits per heavy atom. The van der Waals surface area contributed by atoms with Crippen LogP contribution in [0.4, 0.5) is 0 Å². The fourth-order valence-electron chi connectivity index (χ4n) is 9.45. The monoisotopic (exact) mass is 1250 g/mol. The molecule has 0 aromatic carbocycles. The normalized spacial score (nSPS) is 14.3. The molecule has 0 amide bonds. The van der Waals surface area contributed by atoms with E-state index in [4.69, 9.17) is 37.0 Å². The highest BCUT2D eigenvalue weighted by Gasteiger charge is 2.30. The Morgan fingerprint density at radius 2 is 0.565 bits per heavy atom. The van der Waals surface area contributed by atoms with Crippen LogP contribution in [0.2, 0.25) is 0 Å². The van der Waals surface area contributed by atoms with Crippen molar-refractivity contribution in [2.24, 2.45) is 0 Å². The molecule has 0 heterocycles. The molecular formula is C66H124O17P2. The number of carbonyl (C=O) groups is 4. The first-order valence-electron chi connectivity index (χ1n) is 34.1. The van der Waals surface area contributed by atoms with Crippen LogP contribution in [0.5, 0.6) is 0 Å². The summed E-state index contributed by atoms with van der Waals surface area (Å²) in [6, 6.07) is 0. The highest BCUT2D eigenvalue weighted by molar-refractivity contribution is 7.47. The Hall–Kier alpha value is -2.46. The van der Waals surface area contributed by atoms with Crippen LogP contribution in [-0.4, -0.2) is 96.7 Å². The predicted octanol–water partition coefficient (Wildman–Crippen LogP) is 18.3. The molecule has 5 atom stereocenters. The summed E-state index contributed by atoms with van der Waals surface area (Å²) in [4.78, 5) is 71.9. The van der Waals surface area contributed by atoms with Crippen molar-refractivity contribution < 1.29 is 80.2 Å². The van der Waals surface area contributed by atoms with Gasteiger partial charge in [0.15, 0.2) is 12.2 Å². The maximum absolute atomic E-state index is 13.0. The molecule has 0 bridgehead atoms. The van der Waals surface area contributed by atoms with E-state index in [0.29, 0.717) is 25.7 Å². The molecule has 0 saturated carbocycles. The molecule has 0 aliphatic carbocycles. The van der Waals surface area contributed by atoms with Crippen molar-refractivity contribution in [1.82, 2.24) is 0 Å². The minimum atomic E-state index is -4.95. The van der Waals surface area contributed by atoms with Gasteiger partial charge in [0.1, 0.15) is 19.3 Å². The molecule has 0 aromatic heterocycles. The van der Waals surface area contributed by atoms with E-state index in [1.165, 1.54) is 109 Å². The second-order valence-electron chi connectivity index (χ2n) is 23.2. The number of carbonyl (C=O) groups excluding carboxylic acids is 4. The lowest BCUT2D eigenvalue weighted by atomic mass is 10.0. The highest BCUT2D eigenvalue weighted by atomic mass is 31.2. The van der Waals surface area contributed by atoms with Gasteiger partial charge in [0.25, 0.3) is 0 Å². The van der Waals surface area contributed by atoms with Gasteiger partial charge in [-0.25, -0.2) is 9.13 Å². The molecule has 19 heteroatoms. The maximum atomic E-state index is 13.0. The van der Waals surface area contributed by atoms with Crippen molar-refractivity contribution in [2.45, 2.75) is 335 Å². The average molecular weight is 1250 g/mol. The van der Waals surface area contributed by atoms with Crippen molar-refractivity contribution in [1.29, 1.82) is 0 Å². The lowest BCUT2D eigenvalue weighted by molar-refractivity contribution is -0.161. The van der Waals surface area contributed by atoms with Crippen molar-refractivity contribution in [3.63, 3.8) is 0 Å². The van der Waals surface area contributed by atoms with Crippen molar-refractivity contribution in [3.8, 4) is 0 Å². The van der Waals surface area contributed by atoms with Crippen LogP contribution in [0.15, 0.2) is 24.3 Å². The third kappa shape index (κ3) is 60.2. The van der Waals surface area contributed by atoms with E-state index in [0.717, 1.165) is 128 Å². The van der Waals surface area contributed by atoms with Gasteiger partial charge in [-0.15, -0.1) is 0 Å². The first-order valence-corrected chi connectivity index (χ1v) is 37.1. The van der Waals surface area contributed by atoms with Crippen molar-refractivity contribution >= 4 is 39.5 Å². The van der Waals surface area contributed by atoms with Crippen LogP contribution in [0.25, 0.3) is 0 Å². The minimum absolute atomic E-state index is 0.101. The summed E-state index contributed by atoms with van der Waals surface area (Å²) in [7, 11) is -9.89. The van der Waals surface area contributed by atoms with Crippen LogP contribution in [0, 0.1) is 0 Å². The quantitative estimate of drug-likeness (QED) is 0.0169. The van der Waals surface area contributed by atoms with Crippen LogP contribution in [0.1, 0.15) is 317 Å². The molecule has 0 radical (unpaired) electrons. The molecule has 0 aromatic rings. The second-order valence-corrected chi connectivity index (χ2v) is 26.1. The summed E-state index contributed by atoms with van der Waals surface area (Å²) in [5, 5.41) is 10.5. The number of esters is 4. The number of hydrogen-bond donors (Lipinski definition) is 3. The van der Waals surface area contributed by atoms with Gasteiger partial charge < -0.3 is 33.8 Å². The summed E-state index contributed by atoms with van der Waals surface area (Å²) in [6.45, 7) is 4.71. The van der Waals surface area contributed by atoms with Crippen molar-refractivity contribution in [2.75, 3.05) is 39.6 Å². The number of ether oxygens (including phenoxy) is 4. The van der Waals surface area contributed by atoms with Crippen LogP contribution < -0.4 is 0 Å². The fraction of sp³-hybridized carbons (Fsp3) is 0.879. The van der Waals surface area contributed by atoms with E-state index in [-0.39, 0.29) is 25.7 Å². The smallest absolute Gasteiger partial charge is 0.462 e. The molecular weight excluding hydrogens is 1130 g/mol. The van der Waals surface area contributed by atoms with Gasteiger partial charge in [-0.3, -0.25) is 37.3 Å². The van der Waals surface area contributed by atoms with E-state index in [2.05, 4.69) is 52.0 Å². The third-order valence-electron chi connectivity index (χ3n) is 14.7. The number of aliphatic hydroxyl groups excluding tert-OH is 1. The maximum Gasteiger partial charge on any atom is 0.472 e. The lowest BCUT2D eigenvalue weighted by Gasteiger charge is -2.21. The van der Waals surface area contributed by atoms with Gasteiger partial charge in [-0.05, 0) is 51.4 Å². The zero-order chi connectivity index (χ0) is 62.6. The van der Waals surface area contributed by atoms with Gasteiger partial charge in [-0.2, -0.15) is 0 Å². The average Bonchev–Trinajstić information content (AvgIpc) is 3.49. The first kappa shape index (κ1) is 82.5. The molecule has 0 spiro atoms. The molecule has 500 valence electrons. The Balaban J connectivity index is 5.16. The number of phosphoric acid groups is 2. The van der Waals surface area contributed by atoms with Gasteiger partial charge in [0.05, 0.1) is 26.4 Å². The molecule has 0 rings (SSSR count). The highest BCUT2D eigenvalue weighted by Crippen LogP contribution is 2.45. The zero-order valence-electron chi connectivity index (χ0n) is 54.1. The lowest BCUT2D eigenvalue weighted by Crippen LogP contribution is -2.30. The van der Waals surface area contributed by atoms with Gasteiger partial charge in [0.2, 0.25) is 0 Å². The van der Waals surface area contributed by atoms with E-state index in [1.807, 2.05) is 0 Å². The van der Waals surface area contributed by atoms with E-state index >= 15 is 0 Å². The van der Waals surface area contributed by atoms with E-state index < -0.39 is 97.5 Å². The van der Waals surface area contributed by atoms with Crippen LogP contribution in [0.3, 0.4) is 0 Å². The Morgan fingerprint density at radius 3 is 0.859 bits per heavy atom.